The van der Waals surface area contributed by atoms with Crippen LogP contribution in [-0.2, 0) is 4.74 Å². The molecule has 2 rings (SSSR count). The molecule has 0 aliphatic heterocycles. The molecule has 110 valence electrons. The van der Waals surface area contributed by atoms with Gasteiger partial charge in [-0.05, 0) is 51.8 Å². The van der Waals surface area contributed by atoms with Crippen LogP contribution in [0.3, 0.4) is 0 Å². The molecule has 0 N–H and O–H groups in total. The van der Waals surface area contributed by atoms with Crippen LogP contribution in [0, 0.1) is 13.8 Å². The van der Waals surface area contributed by atoms with Crippen molar-refractivity contribution in [2.45, 2.75) is 40.2 Å². The molecule has 0 amide bonds. The van der Waals surface area contributed by atoms with Crippen molar-refractivity contribution in [2.75, 3.05) is 0 Å². The monoisotopic (exact) mass is 283 g/mol. The van der Waals surface area contributed by atoms with E-state index in [0.29, 0.717) is 5.69 Å². The van der Waals surface area contributed by atoms with Crippen LogP contribution in [0.4, 0.5) is 0 Å². The van der Waals surface area contributed by atoms with Gasteiger partial charge in [-0.25, -0.2) is 9.78 Å². The van der Waals surface area contributed by atoms with Crippen molar-refractivity contribution >= 4 is 5.97 Å². The van der Waals surface area contributed by atoms with E-state index in [1.807, 2.05) is 26.8 Å². The van der Waals surface area contributed by atoms with Crippen LogP contribution in [0.5, 0.6) is 0 Å². The summed E-state index contributed by atoms with van der Waals surface area (Å²) in [6.07, 6.45) is 1.72. The third-order valence-electron chi connectivity index (χ3n) is 3.06. The van der Waals surface area contributed by atoms with E-state index in [-0.39, 0.29) is 0 Å². The summed E-state index contributed by atoms with van der Waals surface area (Å²) in [4.78, 5) is 16.2. The summed E-state index contributed by atoms with van der Waals surface area (Å²) in [6.45, 7) is 9.67. The third kappa shape index (κ3) is 3.91. The smallest absolute Gasteiger partial charge is 0.357 e. The lowest BCUT2D eigenvalue weighted by Crippen LogP contribution is -2.24. The van der Waals surface area contributed by atoms with Crippen LogP contribution in [0.2, 0.25) is 0 Å². The van der Waals surface area contributed by atoms with E-state index in [2.05, 4.69) is 37.0 Å². The predicted molar refractivity (Wildman–Crippen MR) is 84.3 cm³/mol. The van der Waals surface area contributed by atoms with Crippen LogP contribution in [-0.4, -0.2) is 16.6 Å². The summed E-state index contributed by atoms with van der Waals surface area (Å²) in [5.74, 6) is -0.394. The summed E-state index contributed by atoms with van der Waals surface area (Å²) in [6, 6.07) is 9.91. The van der Waals surface area contributed by atoms with Crippen molar-refractivity contribution in [1.29, 1.82) is 0 Å². The zero-order chi connectivity index (χ0) is 15.6. The molecule has 0 fully saturated rings. The Hall–Kier alpha value is -2.16. The number of aromatic nitrogens is 1. The van der Waals surface area contributed by atoms with Gasteiger partial charge in [0.2, 0.25) is 0 Å². The molecule has 2 aromatic rings. The highest BCUT2D eigenvalue weighted by molar-refractivity contribution is 5.88. The maximum Gasteiger partial charge on any atom is 0.357 e. The lowest BCUT2D eigenvalue weighted by molar-refractivity contribution is 0.00629. The first-order chi connectivity index (χ1) is 9.76. The molecule has 1 heterocycles. The lowest BCUT2D eigenvalue weighted by Gasteiger charge is -2.19. The van der Waals surface area contributed by atoms with Gasteiger partial charge in [0.1, 0.15) is 11.3 Å². The van der Waals surface area contributed by atoms with Crippen molar-refractivity contribution in [2.24, 2.45) is 0 Å². The Bertz CT molecular complexity index is 652. The Morgan fingerprint density at radius 2 is 1.81 bits per heavy atom. The first kappa shape index (κ1) is 15.2. The van der Waals surface area contributed by atoms with Crippen molar-refractivity contribution in [1.82, 2.24) is 4.98 Å². The fraction of sp³-hybridized carbons (Fsp3) is 0.333. The number of benzene rings is 1. The van der Waals surface area contributed by atoms with Gasteiger partial charge in [-0.15, -0.1) is 0 Å². The van der Waals surface area contributed by atoms with Gasteiger partial charge in [0.25, 0.3) is 0 Å². The molecule has 0 saturated heterocycles. The Labute approximate surface area is 126 Å². The molecule has 3 heteroatoms. The number of pyridine rings is 1. The molecule has 0 unspecified atom stereocenters. The molecule has 0 bridgehead atoms. The van der Waals surface area contributed by atoms with Gasteiger partial charge in [-0.2, -0.15) is 0 Å². The summed E-state index contributed by atoms with van der Waals surface area (Å²) >= 11 is 0. The highest BCUT2D eigenvalue weighted by atomic mass is 16.6. The molecule has 0 saturated carbocycles. The number of aryl methyl sites for hydroxylation is 2. The molecule has 1 aromatic heterocycles. The lowest BCUT2D eigenvalue weighted by atomic mass is 10.00. The Kier molecular flexibility index (Phi) is 4.12. The second kappa shape index (κ2) is 5.68. The molecule has 0 aliphatic rings. The molecule has 3 nitrogen and oxygen atoms in total. The Balaban J connectivity index is 2.25. The molecule has 0 atom stereocenters. The highest BCUT2D eigenvalue weighted by Gasteiger charge is 2.18. The minimum Gasteiger partial charge on any atom is -0.455 e. The molecule has 1 aromatic carbocycles. The van der Waals surface area contributed by atoms with Gasteiger partial charge in [0.05, 0.1) is 0 Å². The van der Waals surface area contributed by atoms with Crippen molar-refractivity contribution < 1.29 is 9.53 Å². The summed E-state index contributed by atoms with van der Waals surface area (Å²) < 4.78 is 5.31. The number of hydrogen-bond acceptors (Lipinski definition) is 3. The number of esters is 1. The van der Waals surface area contributed by atoms with Crippen LogP contribution >= 0.6 is 0 Å². The van der Waals surface area contributed by atoms with Gasteiger partial charge in [0.15, 0.2) is 0 Å². The van der Waals surface area contributed by atoms with E-state index in [1.165, 1.54) is 11.1 Å². The fourth-order valence-electron chi connectivity index (χ4n) is 2.14. The van der Waals surface area contributed by atoms with Gasteiger partial charge >= 0.3 is 5.97 Å². The van der Waals surface area contributed by atoms with E-state index >= 15 is 0 Å². The molecule has 0 aliphatic carbocycles. The van der Waals surface area contributed by atoms with E-state index < -0.39 is 11.6 Å². The second-order valence-electron chi connectivity index (χ2n) is 6.25. The van der Waals surface area contributed by atoms with Crippen LogP contribution in [0.15, 0.2) is 36.5 Å². The number of carbonyl (C=O) groups excluding carboxylic acids is 1. The van der Waals surface area contributed by atoms with Gasteiger partial charge in [-0.3, -0.25) is 0 Å². The molecular formula is C18H21NO2. The number of hydrogen-bond donors (Lipinski definition) is 0. The standard InChI is InChI=1S/C18H21NO2/c1-12-6-8-15(13(2)10-12)14-7-9-16(19-11-14)17(20)21-18(3,4)5/h6-11H,1-5H3. The van der Waals surface area contributed by atoms with Crippen molar-refractivity contribution in [3.8, 4) is 11.1 Å². The minimum atomic E-state index is -0.509. The highest BCUT2D eigenvalue weighted by Crippen LogP contribution is 2.24. The van der Waals surface area contributed by atoms with E-state index in [1.54, 1.807) is 12.3 Å². The first-order valence-corrected chi connectivity index (χ1v) is 7.03. The van der Waals surface area contributed by atoms with E-state index in [4.69, 9.17) is 4.74 Å². The van der Waals surface area contributed by atoms with Crippen LogP contribution < -0.4 is 0 Å². The van der Waals surface area contributed by atoms with Crippen molar-refractivity contribution in [3.05, 3.63) is 53.3 Å². The van der Waals surface area contributed by atoms with Gasteiger partial charge in [-0.1, -0.05) is 29.8 Å². The summed E-state index contributed by atoms with van der Waals surface area (Å²) in [7, 11) is 0. The zero-order valence-corrected chi connectivity index (χ0v) is 13.2. The van der Waals surface area contributed by atoms with Gasteiger partial charge < -0.3 is 4.74 Å². The molecule has 0 spiro atoms. The molecule has 0 radical (unpaired) electrons. The van der Waals surface area contributed by atoms with Crippen molar-refractivity contribution in [3.63, 3.8) is 0 Å². The molecule has 21 heavy (non-hydrogen) atoms. The van der Waals surface area contributed by atoms with E-state index in [0.717, 1.165) is 11.1 Å². The maximum absolute atomic E-state index is 11.9. The second-order valence-corrected chi connectivity index (χ2v) is 6.25. The fourth-order valence-corrected chi connectivity index (χ4v) is 2.14. The largest absolute Gasteiger partial charge is 0.455 e. The number of rotatable bonds is 2. The normalized spacial score (nSPS) is 11.3. The summed E-state index contributed by atoms with van der Waals surface area (Å²) in [5, 5.41) is 0. The zero-order valence-electron chi connectivity index (χ0n) is 13.2. The Morgan fingerprint density at radius 1 is 1.10 bits per heavy atom. The average Bonchev–Trinajstić information content (AvgIpc) is 2.37. The maximum atomic E-state index is 11.9. The number of ether oxygens (including phenoxy) is 1. The third-order valence-corrected chi connectivity index (χ3v) is 3.06. The SMILES string of the molecule is Cc1ccc(-c2ccc(C(=O)OC(C)(C)C)nc2)c(C)c1. The number of nitrogens with zero attached hydrogens (tertiary/aromatic N) is 1. The number of carbonyl (C=O) groups is 1. The minimum absolute atomic E-state index is 0.332. The van der Waals surface area contributed by atoms with Crippen LogP contribution in [0.1, 0.15) is 42.4 Å². The predicted octanol–water partition coefficient (Wildman–Crippen LogP) is 4.32. The average molecular weight is 283 g/mol. The first-order valence-electron chi connectivity index (χ1n) is 7.03. The van der Waals surface area contributed by atoms with Gasteiger partial charge in [0, 0.05) is 11.8 Å². The Morgan fingerprint density at radius 3 is 2.33 bits per heavy atom. The quantitative estimate of drug-likeness (QED) is 0.770. The molecular weight excluding hydrogens is 262 g/mol. The topological polar surface area (TPSA) is 39.2 Å². The van der Waals surface area contributed by atoms with E-state index in [9.17, 15) is 4.79 Å². The summed E-state index contributed by atoms with van der Waals surface area (Å²) in [5.41, 5.74) is 4.38. The van der Waals surface area contributed by atoms with Crippen LogP contribution in [0.25, 0.3) is 11.1 Å².